The van der Waals surface area contributed by atoms with Crippen LogP contribution in [0.2, 0.25) is 5.02 Å². The Morgan fingerprint density at radius 1 is 1.31 bits per heavy atom. The van der Waals surface area contributed by atoms with Crippen LogP contribution in [0.5, 0.6) is 0 Å². The van der Waals surface area contributed by atoms with Gasteiger partial charge in [-0.3, -0.25) is 0 Å². The van der Waals surface area contributed by atoms with E-state index in [0.717, 1.165) is 11.4 Å². The molecule has 0 aliphatic carbocycles. The lowest BCUT2D eigenvalue weighted by atomic mass is 10.4. The molecule has 0 N–H and O–H groups in total. The molecule has 0 amide bonds. The average Bonchev–Trinajstić information content (AvgIpc) is 2.57. The van der Waals surface area contributed by atoms with E-state index in [4.69, 9.17) is 16.9 Å². The summed E-state index contributed by atoms with van der Waals surface area (Å²) >= 11 is 6.02. The molecule has 0 aliphatic heterocycles. The summed E-state index contributed by atoms with van der Waals surface area (Å²) in [6, 6.07) is 1.91. The number of nitrogens with zero attached hydrogens (tertiary/aromatic N) is 5. The molecule has 0 fully saturated rings. The first-order chi connectivity index (χ1) is 7.63. The number of hydrogen-bond donors (Lipinski definition) is 0. The zero-order valence-electron chi connectivity index (χ0n) is 8.77. The van der Waals surface area contributed by atoms with E-state index >= 15 is 0 Å². The fourth-order valence-electron chi connectivity index (χ4n) is 1.34. The lowest BCUT2D eigenvalue weighted by Crippen LogP contribution is -2.03. The Morgan fingerprint density at radius 3 is 2.50 bits per heavy atom. The molecule has 0 spiro atoms. The molecular formula is C10H8ClN5. The van der Waals surface area contributed by atoms with Gasteiger partial charge in [-0.05, 0) is 13.8 Å². The fraction of sp³-hybridized carbons (Fsp3) is 0.200. The van der Waals surface area contributed by atoms with Crippen molar-refractivity contribution < 1.29 is 0 Å². The SMILES string of the molecule is Cc1nn(-c2cnc(C#N)cn2)c(C)c1Cl. The number of aryl methyl sites for hydroxylation is 1. The van der Waals surface area contributed by atoms with Crippen LogP contribution < -0.4 is 0 Å². The lowest BCUT2D eigenvalue weighted by Gasteiger charge is -2.01. The predicted molar refractivity (Wildman–Crippen MR) is 58.4 cm³/mol. The summed E-state index contributed by atoms with van der Waals surface area (Å²) in [5.41, 5.74) is 1.82. The van der Waals surface area contributed by atoms with E-state index in [0.29, 0.717) is 10.8 Å². The van der Waals surface area contributed by atoms with Crippen molar-refractivity contribution >= 4 is 11.6 Å². The zero-order valence-corrected chi connectivity index (χ0v) is 9.52. The van der Waals surface area contributed by atoms with Crippen LogP contribution in [0.15, 0.2) is 12.4 Å². The van der Waals surface area contributed by atoms with E-state index in [-0.39, 0.29) is 5.69 Å². The third-order valence-electron chi connectivity index (χ3n) is 2.17. The highest BCUT2D eigenvalue weighted by atomic mass is 35.5. The Labute approximate surface area is 97.3 Å². The highest BCUT2D eigenvalue weighted by molar-refractivity contribution is 6.31. The highest BCUT2D eigenvalue weighted by Crippen LogP contribution is 2.20. The van der Waals surface area contributed by atoms with Crippen LogP contribution in [-0.4, -0.2) is 19.7 Å². The van der Waals surface area contributed by atoms with Gasteiger partial charge in [-0.2, -0.15) is 10.4 Å². The van der Waals surface area contributed by atoms with Crippen molar-refractivity contribution in [3.8, 4) is 11.9 Å². The second kappa shape index (κ2) is 3.91. The Morgan fingerprint density at radius 2 is 2.06 bits per heavy atom. The van der Waals surface area contributed by atoms with E-state index in [1.165, 1.54) is 12.4 Å². The minimum Gasteiger partial charge on any atom is -0.240 e. The predicted octanol–water partition coefficient (Wildman–Crippen LogP) is 1.80. The monoisotopic (exact) mass is 233 g/mol. The maximum atomic E-state index is 8.61. The second-order valence-corrected chi connectivity index (χ2v) is 3.65. The van der Waals surface area contributed by atoms with Crippen LogP contribution in [0, 0.1) is 25.2 Å². The fourth-order valence-corrected chi connectivity index (χ4v) is 1.45. The maximum Gasteiger partial charge on any atom is 0.172 e. The molecule has 2 aromatic heterocycles. The smallest absolute Gasteiger partial charge is 0.172 e. The summed E-state index contributed by atoms with van der Waals surface area (Å²) in [7, 11) is 0. The summed E-state index contributed by atoms with van der Waals surface area (Å²) in [6.07, 6.45) is 2.90. The molecule has 6 heteroatoms. The molecule has 0 aromatic carbocycles. The Kier molecular flexibility index (Phi) is 2.59. The molecule has 0 saturated carbocycles. The van der Waals surface area contributed by atoms with E-state index in [2.05, 4.69) is 15.1 Å². The molecule has 0 bridgehead atoms. The van der Waals surface area contributed by atoms with Crippen LogP contribution in [-0.2, 0) is 0 Å². The number of aromatic nitrogens is 4. The van der Waals surface area contributed by atoms with Crippen molar-refractivity contribution in [2.45, 2.75) is 13.8 Å². The van der Waals surface area contributed by atoms with Crippen LogP contribution in [0.3, 0.4) is 0 Å². The standard InChI is InChI=1S/C10H8ClN5/c1-6-10(11)7(2)16(15-6)9-5-13-8(3-12)4-14-9/h4-5H,1-2H3. The minimum atomic E-state index is 0.274. The van der Waals surface area contributed by atoms with Crippen LogP contribution in [0.4, 0.5) is 0 Å². The van der Waals surface area contributed by atoms with Gasteiger partial charge in [0.05, 0.1) is 28.8 Å². The van der Waals surface area contributed by atoms with Gasteiger partial charge < -0.3 is 0 Å². The van der Waals surface area contributed by atoms with Crippen LogP contribution >= 0.6 is 11.6 Å². The molecule has 2 heterocycles. The summed E-state index contributed by atoms with van der Waals surface area (Å²) < 4.78 is 1.60. The molecule has 0 radical (unpaired) electrons. The van der Waals surface area contributed by atoms with Gasteiger partial charge >= 0.3 is 0 Å². The van der Waals surface area contributed by atoms with Gasteiger partial charge in [0.15, 0.2) is 11.5 Å². The van der Waals surface area contributed by atoms with Gasteiger partial charge in [-0.1, -0.05) is 11.6 Å². The molecule has 2 rings (SSSR count). The van der Waals surface area contributed by atoms with Crippen LogP contribution in [0.1, 0.15) is 17.1 Å². The maximum absolute atomic E-state index is 8.61. The zero-order chi connectivity index (χ0) is 11.7. The van der Waals surface area contributed by atoms with Crippen molar-refractivity contribution in [2.75, 3.05) is 0 Å². The molecule has 0 unspecified atom stereocenters. The first kappa shape index (κ1) is 10.6. The first-order valence-electron chi connectivity index (χ1n) is 4.57. The largest absolute Gasteiger partial charge is 0.240 e. The van der Waals surface area contributed by atoms with Gasteiger partial charge in [0.1, 0.15) is 6.07 Å². The first-order valence-corrected chi connectivity index (χ1v) is 4.95. The van der Waals surface area contributed by atoms with Crippen molar-refractivity contribution in [3.05, 3.63) is 34.5 Å². The van der Waals surface area contributed by atoms with Gasteiger partial charge in [0.25, 0.3) is 0 Å². The molecule has 5 nitrogen and oxygen atoms in total. The molecule has 80 valence electrons. The Bertz CT molecular complexity index is 564. The molecule has 0 atom stereocenters. The number of nitriles is 1. The van der Waals surface area contributed by atoms with Gasteiger partial charge in [-0.25, -0.2) is 14.6 Å². The number of halogens is 1. The highest BCUT2D eigenvalue weighted by Gasteiger charge is 2.11. The van der Waals surface area contributed by atoms with Gasteiger partial charge in [-0.15, -0.1) is 0 Å². The Hall–Kier alpha value is -1.93. The van der Waals surface area contributed by atoms with Crippen molar-refractivity contribution in [1.82, 2.24) is 19.7 Å². The summed E-state index contributed by atoms with van der Waals surface area (Å²) in [4.78, 5) is 8.02. The summed E-state index contributed by atoms with van der Waals surface area (Å²) in [6.45, 7) is 3.67. The topological polar surface area (TPSA) is 67.4 Å². The average molecular weight is 234 g/mol. The van der Waals surface area contributed by atoms with E-state index < -0.39 is 0 Å². The minimum absolute atomic E-state index is 0.274. The molecule has 0 saturated heterocycles. The third-order valence-corrected chi connectivity index (χ3v) is 2.72. The van der Waals surface area contributed by atoms with Crippen LogP contribution in [0.25, 0.3) is 5.82 Å². The van der Waals surface area contributed by atoms with Crippen molar-refractivity contribution in [3.63, 3.8) is 0 Å². The van der Waals surface area contributed by atoms with Gasteiger partial charge in [0.2, 0.25) is 0 Å². The lowest BCUT2D eigenvalue weighted by molar-refractivity contribution is 0.798. The van der Waals surface area contributed by atoms with E-state index in [9.17, 15) is 0 Å². The van der Waals surface area contributed by atoms with Crippen molar-refractivity contribution in [2.24, 2.45) is 0 Å². The number of hydrogen-bond acceptors (Lipinski definition) is 4. The number of rotatable bonds is 1. The van der Waals surface area contributed by atoms with Crippen molar-refractivity contribution in [1.29, 1.82) is 5.26 Å². The van der Waals surface area contributed by atoms with E-state index in [1.54, 1.807) is 4.68 Å². The summed E-state index contributed by atoms with van der Waals surface area (Å²) in [5, 5.41) is 13.5. The van der Waals surface area contributed by atoms with E-state index in [1.807, 2.05) is 19.9 Å². The Balaban J connectivity index is 2.51. The second-order valence-electron chi connectivity index (χ2n) is 3.27. The normalized spacial score (nSPS) is 10.1. The van der Waals surface area contributed by atoms with Gasteiger partial charge in [0, 0.05) is 0 Å². The quantitative estimate of drug-likeness (QED) is 0.753. The molecule has 16 heavy (non-hydrogen) atoms. The molecule has 2 aromatic rings. The summed E-state index contributed by atoms with van der Waals surface area (Å²) in [5.74, 6) is 0.548. The molecular weight excluding hydrogens is 226 g/mol. The third kappa shape index (κ3) is 1.64. The molecule has 0 aliphatic rings.